The molecule has 1 N–H and O–H groups in total. The molecule has 0 saturated carbocycles. The molecule has 0 aromatic carbocycles. The lowest BCUT2D eigenvalue weighted by molar-refractivity contribution is 0.511. The highest BCUT2D eigenvalue weighted by molar-refractivity contribution is 5.38. The van der Waals surface area contributed by atoms with Crippen molar-refractivity contribution in [3.8, 4) is 0 Å². The SMILES string of the molecule is CC(C)CNCC1CCCN1c1cnccn1. The van der Waals surface area contributed by atoms with Crippen molar-refractivity contribution in [1.82, 2.24) is 15.3 Å². The van der Waals surface area contributed by atoms with E-state index in [9.17, 15) is 0 Å². The Balaban J connectivity index is 1.89. The van der Waals surface area contributed by atoms with Gasteiger partial charge in [0.2, 0.25) is 0 Å². The lowest BCUT2D eigenvalue weighted by atomic mass is 10.2. The Hall–Kier alpha value is -1.16. The summed E-state index contributed by atoms with van der Waals surface area (Å²) in [6.07, 6.45) is 7.87. The van der Waals surface area contributed by atoms with Gasteiger partial charge in [0.25, 0.3) is 0 Å². The molecule has 2 rings (SSSR count). The summed E-state index contributed by atoms with van der Waals surface area (Å²) in [5.74, 6) is 1.72. The molecule has 4 heteroatoms. The molecular weight excluding hydrogens is 212 g/mol. The largest absolute Gasteiger partial charge is 0.351 e. The molecule has 17 heavy (non-hydrogen) atoms. The molecule has 0 aliphatic carbocycles. The Morgan fingerprint density at radius 1 is 1.47 bits per heavy atom. The van der Waals surface area contributed by atoms with Crippen molar-refractivity contribution in [3.05, 3.63) is 18.6 Å². The molecule has 0 radical (unpaired) electrons. The first-order chi connectivity index (χ1) is 8.27. The first kappa shape index (κ1) is 12.3. The van der Waals surface area contributed by atoms with E-state index in [2.05, 4.69) is 34.0 Å². The van der Waals surface area contributed by atoms with Gasteiger partial charge in [0, 0.05) is 31.5 Å². The van der Waals surface area contributed by atoms with E-state index in [-0.39, 0.29) is 0 Å². The Morgan fingerprint density at radius 3 is 3.06 bits per heavy atom. The van der Waals surface area contributed by atoms with Crippen molar-refractivity contribution in [2.24, 2.45) is 5.92 Å². The van der Waals surface area contributed by atoms with Crippen LogP contribution in [0.2, 0.25) is 0 Å². The molecule has 1 aliphatic heterocycles. The zero-order chi connectivity index (χ0) is 12.1. The van der Waals surface area contributed by atoms with Crippen LogP contribution < -0.4 is 10.2 Å². The highest BCUT2D eigenvalue weighted by Gasteiger charge is 2.25. The van der Waals surface area contributed by atoms with Crippen molar-refractivity contribution in [1.29, 1.82) is 0 Å². The van der Waals surface area contributed by atoms with Gasteiger partial charge in [0.15, 0.2) is 0 Å². The van der Waals surface area contributed by atoms with Gasteiger partial charge in [-0.1, -0.05) is 13.8 Å². The van der Waals surface area contributed by atoms with Crippen LogP contribution >= 0.6 is 0 Å². The minimum absolute atomic E-state index is 0.574. The first-order valence-corrected chi connectivity index (χ1v) is 6.50. The average Bonchev–Trinajstić information content (AvgIpc) is 2.78. The Labute approximate surface area is 103 Å². The van der Waals surface area contributed by atoms with Crippen LogP contribution in [0.1, 0.15) is 26.7 Å². The molecule has 0 spiro atoms. The van der Waals surface area contributed by atoms with Crippen molar-refractivity contribution >= 4 is 5.82 Å². The van der Waals surface area contributed by atoms with Crippen molar-refractivity contribution in [3.63, 3.8) is 0 Å². The van der Waals surface area contributed by atoms with Crippen molar-refractivity contribution in [2.75, 3.05) is 24.5 Å². The number of nitrogens with one attached hydrogen (secondary N) is 1. The number of hydrogen-bond acceptors (Lipinski definition) is 4. The number of hydrogen-bond donors (Lipinski definition) is 1. The number of anilines is 1. The maximum atomic E-state index is 4.39. The zero-order valence-electron chi connectivity index (χ0n) is 10.8. The normalized spacial score (nSPS) is 20.2. The molecule has 2 heterocycles. The molecule has 1 saturated heterocycles. The van der Waals surface area contributed by atoms with E-state index in [4.69, 9.17) is 0 Å². The van der Waals surface area contributed by atoms with Gasteiger partial charge in [-0.2, -0.15) is 0 Å². The van der Waals surface area contributed by atoms with E-state index < -0.39 is 0 Å². The van der Waals surface area contributed by atoms with Crippen LogP contribution in [0.25, 0.3) is 0 Å². The Morgan fingerprint density at radius 2 is 2.35 bits per heavy atom. The summed E-state index contributed by atoms with van der Waals surface area (Å²) < 4.78 is 0. The van der Waals surface area contributed by atoms with E-state index >= 15 is 0 Å². The van der Waals surface area contributed by atoms with E-state index in [0.717, 1.165) is 25.5 Å². The van der Waals surface area contributed by atoms with Crippen LogP contribution in [0.3, 0.4) is 0 Å². The van der Waals surface area contributed by atoms with E-state index in [1.165, 1.54) is 12.8 Å². The summed E-state index contributed by atoms with van der Waals surface area (Å²) in [5.41, 5.74) is 0. The third kappa shape index (κ3) is 3.40. The monoisotopic (exact) mass is 234 g/mol. The minimum Gasteiger partial charge on any atom is -0.351 e. The van der Waals surface area contributed by atoms with Gasteiger partial charge in [-0.15, -0.1) is 0 Å². The first-order valence-electron chi connectivity index (χ1n) is 6.50. The van der Waals surface area contributed by atoms with E-state index in [1.54, 1.807) is 12.4 Å². The quantitative estimate of drug-likeness (QED) is 0.842. The predicted octanol–water partition coefficient (Wildman–Crippen LogP) is 1.69. The van der Waals surface area contributed by atoms with Gasteiger partial charge in [0.1, 0.15) is 5.82 Å². The zero-order valence-corrected chi connectivity index (χ0v) is 10.8. The van der Waals surface area contributed by atoms with Gasteiger partial charge < -0.3 is 10.2 Å². The average molecular weight is 234 g/mol. The molecule has 0 bridgehead atoms. The predicted molar refractivity (Wildman–Crippen MR) is 70.1 cm³/mol. The minimum atomic E-state index is 0.574. The van der Waals surface area contributed by atoms with Gasteiger partial charge in [-0.05, 0) is 25.3 Å². The summed E-state index contributed by atoms with van der Waals surface area (Å²) in [6.45, 7) is 7.72. The lowest BCUT2D eigenvalue weighted by Gasteiger charge is -2.25. The van der Waals surface area contributed by atoms with Gasteiger partial charge in [-0.25, -0.2) is 4.98 Å². The maximum absolute atomic E-state index is 4.39. The second-order valence-corrected chi connectivity index (χ2v) is 5.11. The summed E-state index contributed by atoms with van der Waals surface area (Å²) in [5, 5.41) is 3.54. The fourth-order valence-corrected chi connectivity index (χ4v) is 2.33. The van der Waals surface area contributed by atoms with Crippen molar-refractivity contribution in [2.45, 2.75) is 32.7 Å². The topological polar surface area (TPSA) is 41.0 Å². The second kappa shape index (κ2) is 5.96. The molecule has 4 nitrogen and oxygen atoms in total. The van der Waals surface area contributed by atoms with Crippen LogP contribution in [-0.4, -0.2) is 35.6 Å². The third-order valence-corrected chi connectivity index (χ3v) is 3.15. The summed E-state index contributed by atoms with van der Waals surface area (Å²) >= 11 is 0. The van der Waals surface area contributed by atoms with Gasteiger partial charge in [0.05, 0.1) is 6.20 Å². The molecular formula is C13H22N4. The van der Waals surface area contributed by atoms with E-state index in [1.807, 2.05) is 6.20 Å². The molecule has 1 atom stereocenters. The van der Waals surface area contributed by atoms with Crippen LogP contribution in [0.4, 0.5) is 5.82 Å². The summed E-state index contributed by atoms with van der Waals surface area (Å²) in [4.78, 5) is 10.9. The van der Waals surface area contributed by atoms with Crippen LogP contribution in [0.5, 0.6) is 0 Å². The maximum Gasteiger partial charge on any atom is 0.147 e. The summed E-state index contributed by atoms with van der Waals surface area (Å²) in [6, 6.07) is 0.574. The number of aromatic nitrogens is 2. The summed E-state index contributed by atoms with van der Waals surface area (Å²) in [7, 11) is 0. The van der Waals surface area contributed by atoms with Crippen molar-refractivity contribution < 1.29 is 0 Å². The van der Waals surface area contributed by atoms with Crippen LogP contribution in [0, 0.1) is 5.92 Å². The number of rotatable bonds is 5. The lowest BCUT2D eigenvalue weighted by Crippen LogP contribution is -2.39. The fraction of sp³-hybridized carbons (Fsp3) is 0.692. The molecule has 0 amide bonds. The molecule has 1 aromatic rings. The molecule has 1 fully saturated rings. The highest BCUT2D eigenvalue weighted by Crippen LogP contribution is 2.22. The van der Waals surface area contributed by atoms with Gasteiger partial charge >= 0.3 is 0 Å². The molecule has 1 aromatic heterocycles. The third-order valence-electron chi connectivity index (χ3n) is 3.15. The molecule has 1 unspecified atom stereocenters. The highest BCUT2D eigenvalue weighted by atomic mass is 15.2. The molecule has 1 aliphatic rings. The Bertz CT molecular complexity index is 325. The van der Waals surface area contributed by atoms with E-state index in [0.29, 0.717) is 12.0 Å². The van der Waals surface area contributed by atoms with Crippen LogP contribution in [0.15, 0.2) is 18.6 Å². The second-order valence-electron chi connectivity index (χ2n) is 5.11. The fourth-order valence-electron chi connectivity index (χ4n) is 2.33. The number of nitrogens with zero attached hydrogens (tertiary/aromatic N) is 3. The van der Waals surface area contributed by atoms with Gasteiger partial charge in [-0.3, -0.25) is 4.98 Å². The smallest absolute Gasteiger partial charge is 0.147 e. The standard InChI is InChI=1S/C13H22N4/c1-11(2)8-15-9-12-4-3-7-17(12)13-10-14-5-6-16-13/h5-6,10-12,15H,3-4,7-9H2,1-2H3. The Kier molecular flexibility index (Phi) is 4.31. The van der Waals surface area contributed by atoms with Crippen LogP contribution in [-0.2, 0) is 0 Å². The molecule has 94 valence electrons.